The summed E-state index contributed by atoms with van der Waals surface area (Å²) in [7, 11) is 0. The lowest BCUT2D eigenvalue weighted by Crippen LogP contribution is -2.22. The highest BCUT2D eigenvalue weighted by molar-refractivity contribution is 14.0. The number of rotatable bonds is 6. The van der Waals surface area contributed by atoms with E-state index in [2.05, 4.69) is 34.6 Å². The number of aromatic nitrogens is 2. The first kappa shape index (κ1) is 22.4. The van der Waals surface area contributed by atoms with Crippen molar-refractivity contribution in [1.82, 2.24) is 9.78 Å². The smallest absolute Gasteiger partial charge is 0.246 e. The summed E-state index contributed by atoms with van der Waals surface area (Å²) in [5.74, 6) is 0.205. The standard InChI is InChI=1S/C21H24N6O.HI/c1-15-7-8-19(11-16(15)2)26-21(22)23-13-17-5-3-6-18(12-17)25-20(28)14-27-10-4-9-24-27;/h3-12H,13-14H2,1-2H3,(H,25,28)(H3,22,23,26);1H. The van der Waals surface area contributed by atoms with Gasteiger partial charge in [-0.3, -0.25) is 9.48 Å². The first-order valence-corrected chi connectivity index (χ1v) is 9.00. The lowest BCUT2D eigenvalue weighted by atomic mass is 10.1. The van der Waals surface area contributed by atoms with Crippen LogP contribution in [0.25, 0.3) is 0 Å². The lowest BCUT2D eigenvalue weighted by molar-refractivity contribution is -0.116. The van der Waals surface area contributed by atoms with Crippen LogP contribution in [0.4, 0.5) is 11.4 Å². The van der Waals surface area contributed by atoms with E-state index in [4.69, 9.17) is 5.73 Å². The molecular weight excluding hydrogens is 479 g/mol. The third-order valence-electron chi connectivity index (χ3n) is 4.29. The maximum absolute atomic E-state index is 12.1. The molecule has 29 heavy (non-hydrogen) atoms. The Labute approximate surface area is 187 Å². The minimum absolute atomic E-state index is 0. The molecule has 0 atom stereocenters. The predicted octanol–water partition coefficient (Wildman–Crippen LogP) is 3.68. The van der Waals surface area contributed by atoms with E-state index in [1.165, 1.54) is 11.1 Å². The van der Waals surface area contributed by atoms with E-state index in [9.17, 15) is 4.79 Å². The Kier molecular flexibility index (Phi) is 8.20. The zero-order valence-electron chi connectivity index (χ0n) is 16.4. The summed E-state index contributed by atoms with van der Waals surface area (Å²) in [5, 5.41) is 9.99. The first-order valence-electron chi connectivity index (χ1n) is 9.00. The van der Waals surface area contributed by atoms with Crippen molar-refractivity contribution >= 4 is 47.2 Å². The average Bonchev–Trinajstić information content (AvgIpc) is 3.16. The summed E-state index contributed by atoms with van der Waals surface area (Å²) in [4.78, 5) is 16.5. The van der Waals surface area contributed by atoms with Crippen LogP contribution in [0.3, 0.4) is 0 Å². The van der Waals surface area contributed by atoms with Crippen molar-refractivity contribution in [3.05, 3.63) is 77.6 Å². The fourth-order valence-electron chi connectivity index (χ4n) is 2.67. The summed E-state index contributed by atoms with van der Waals surface area (Å²) < 4.78 is 1.57. The van der Waals surface area contributed by atoms with Crippen molar-refractivity contribution in [2.45, 2.75) is 26.9 Å². The molecule has 1 aromatic heterocycles. The maximum Gasteiger partial charge on any atom is 0.246 e. The molecule has 3 aromatic rings. The number of carbonyl (C=O) groups excluding carboxylic acids is 1. The molecule has 0 radical (unpaired) electrons. The fourth-order valence-corrected chi connectivity index (χ4v) is 2.67. The van der Waals surface area contributed by atoms with Crippen LogP contribution in [0.15, 0.2) is 65.9 Å². The Hall–Kier alpha value is -2.88. The molecule has 0 aliphatic heterocycles. The number of aryl methyl sites for hydroxylation is 2. The normalized spacial score (nSPS) is 10.9. The molecule has 0 bridgehead atoms. The number of nitrogens with two attached hydrogens (primary N) is 1. The minimum atomic E-state index is -0.139. The van der Waals surface area contributed by atoms with Gasteiger partial charge in [-0.15, -0.1) is 24.0 Å². The fraction of sp³-hybridized carbons (Fsp3) is 0.190. The molecule has 0 saturated heterocycles. The number of amides is 1. The molecule has 7 nitrogen and oxygen atoms in total. The molecule has 0 aliphatic carbocycles. The number of nitrogens with zero attached hydrogens (tertiary/aromatic N) is 3. The SMILES string of the molecule is Cc1ccc(NC(N)=NCc2cccc(NC(=O)Cn3cccn3)c2)cc1C.I. The predicted molar refractivity (Wildman–Crippen MR) is 128 cm³/mol. The van der Waals surface area contributed by atoms with Gasteiger partial charge >= 0.3 is 0 Å². The molecule has 8 heteroatoms. The molecule has 0 unspecified atom stereocenters. The molecule has 0 aliphatic rings. The number of anilines is 2. The van der Waals surface area contributed by atoms with Gasteiger partial charge in [0, 0.05) is 23.8 Å². The third-order valence-corrected chi connectivity index (χ3v) is 4.29. The zero-order chi connectivity index (χ0) is 19.9. The van der Waals surface area contributed by atoms with Gasteiger partial charge in [0.05, 0.1) is 6.54 Å². The highest BCUT2D eigenvalue weighted by Crippen LogP contribution is 2.14. The van der Waals surface area contributed by atoms with Crippen LogP contribution in [0, 0.1) is 13.8 Å². The van der Waals surface area contributed by atoms with Crippen molar-refractivity contribution in [3.8, 4) is 0 Å². The molecule has 4 N–H and O–H groups in total. The van der Waals surface area contributed by atoms with Crippen LogP contribution < -0.4 is 16.4 Å². The minimum Gasteiger partial charge on any atom is -0.370 e. The van der Waals surface area contributed by atoms with Crippen molar-refractivity contribution in [3.63, 3.8) is 0 Å². The van der Waals surface area contributed by atoms with E-state index in [0.29, 0.717) is 18.2 Å². The molecule has 2 aromatic carbocycles. The molecule has 0 saturated carbocycles. The first-order chi connectivity index (χ1) is 13.5. The Morgan fingerprint density at radius 1 is 1.07 bits per heavy atom. The number of halogens is 1. The number of benzene rings is 2. The van der Waals surface area contributed by atoms with E-state index in [1.807, 2.05) is 42.5 Å². The van der Waals surface area contributed by atoms with Gasteiger partial charge in [-0.25, -0.2) is 4.99 Å². The largest absolute Gasteiger partial charge is 0.370 e. The Morgan fingerprint density at radius 3 is 2.59 bits per heavy atom. The maximum atomic E-state index is 12.1. The number of hydrogen-bond acceptors (Lipinski definition) is 3. The van der Waals surface area contributed by atoms with Crippen LogP contribution >= 0.6 is 24.0 Å². The zero-order valence-corrected chi connectivity index (χ0v) is 18.8. The van der Waals surface area contributed by atoms with E-state index >= 15 is 0 Å². The topological polar surface area (TPSA) is 97.3 Å². The summed E-state index contributed by atoms with van der Waals surface area (Å²) in [5.41, 5.74) is 11.0. The molecule has 152 valence electrons. The highest BCUT2D eigenvalue weighted by Gasteiger charge is 2.04. The van der Waals surface area contributed by atoms with E-state index < -0.39 is 0 Å². The van der Waals surface area contributed by atoms with Crippen molar-refractivity contribution in [1.29, 1.82) is 0 Å². The van der Waals surface area contributed by atoms with E-state index in [1.54, 1.807) is 23.1 Å². The number of nitrogens with one attached hydrogen (secondary N) is 2. The second-order valence-electron chi connectivity index (χ2n) is 6.58. The van der Waals surface area contributed by atoms with Gasteiger partial charge in [-0.2, -0.15) is 5.10 Å². The van der Waals surface area contributed by atoms with Gasteiger partial charge in [-0.1, -0.05) is 18.2 Å². The summed E-state index contributed by atoms with van der Waals surface area (Å²) in [6.07, 6.45) is 3.39. The highest BCUT2D eigenvalue weighted by atomic mass is 127. The number of carbonyl (C=O) groups is 1. The van der Waals surface area contributed by atoms with Gasteiger partial charge in [0.25, 0.3) is 0 Å². The molecular formula is C21H25IN6O. The molecule has 3 rings (SSSR count). The number of aliphatic imine (C=N–C) groups is 1. The second-order valence-corrected chi connectivity index (χ2v) is 6.58. The molecule has 1 heterocycles. The van der Waals surface area contributed by atoms with Crippen LogP contribution in [0.1, 0.15) is 16.7 Å². The Balaban J connectivity index is 0.00000300. The van der Waals surface area contributed by atoms with Gasteiger partial charge in [0.1, 0.15) is 6.54 Å². The molecule has 0 fully saturated rings. The van der Waals surface area contributed by atoms with Crippen molar-refractivity contribution < 1.29 is 4.79 Å². The van der Waals surface area contributed by atoms with E-state index in [-0.39, 0.29) is 36.4 Å². The van der Waals surface area contributed by atoms with Gasteiger partial charge in [0.2, 0.25) is 5.91 Å². The van der Waals surface area contributed by atoms with Crippen molar-refractivity contribution in [2.24, 2.45) is 10.7 Å². The van der Waals surface area contributed by atoms with Crippen LogP contribution in [0.2, 0.25) is 0 Å². The number of guanidine groups is 1. The van der Waals surface area contributed by atoms with Gasteiger partial charge < -0.3 is 16.4 Å². The number of hydrogen-bond donors (Lipinski definition) is 3. The van der Waals surface area contributed by atoms with Crippen molar-refractivity contribution in [2.75, 3.05) is 10.6 Å². The lowest BCUT2D eigenvalue weighted by Gasteiger charge is -2.09. The summed E-state index contributed by atoms with van der Waals surface area (Å²) >= 11 is 0. The third kappa shape index (κ3) is 6.90. The second kappa shape index (κ2) is 10.6. The molecule has 0 spiro atoms. The Bertz CT molecular complexity index is 985. The van der Waals surface area contributed by atoms with Crippen LogP contribution in [0.5, 0.6) is 0 Å². The van der Waals surface area contributed by atoms with Gasteiger partial charge in [0.15, 0.2) is 5.96 Å². The monoisotopic (exact) mass is 504 g/mol. The van der Waals surface area contributed by atoms with Gasteiger partial charge in [-0.05, 0) is 60.9 Å². The van der Waals surface area contributed by atoms with E-state index in [0.717, 1.165) is 11.3 Å². The van der Waals surface area contributed by atoms with Crippen LogP contribution in [-0.4, -0.2) is 21.6 Å². The molecule has 1 amide bonds. The average molecular weight is 504 g/mol. The van der Waals surface area contributed by atoms with Crippen LogP contribution in [-0.2, 0) is 17.9 Å². The quantitative estimate of drug-likeness (QED) is 0.271. The Morgan fingerprint density at radius 2 is 1.86 bits per heavy atom. The summed E-state index contributed by atoms with van der Waals surface area (Å²) in [6, 6.07) is 15.4. The summed E-state index contributed by atoms with van der Waals surface area (Å²) in [6.45, 7) is 4.70.